The summed E-state index contributed by atoms with van der Waals surface area (Å²) in [5.74, 6) is 0.923. The number of nitrogens with zero attached hydrogens (tertiary/aromatic N) is 3. The summed E-state index contributed by atoms with van der Waals surface area (Å²) in [6.07, 6.45) is 4.56. The van der Waals surface area contributed by atoms with E-state index < -0.39 is 0 Å². The van der Waals surface area contributed by atoms with E-state index in [2.05, 4.69) is 10.3 Å². The standard InChI is InChI=1S/C14H18N4O2/c1-3-6-16-13-9-12(4-5-14(13)18(19)20)10-17-8-7-15-11(17)2/h4-5,7-9,16H,3,6,10H2,1-2H3. The van der Waals surface area contributed by atoms with E-state index in [-0.39, 0.29) is 10.6 Å². The number of hydrogen-bond acceptors (Lipinski definition) is 4. The molecule has 0 radical (unpaired) electrons. The number of hydrogen-bond donors (Lipinski definition) is 1. The topological polar surface area (TPSA) is 73.0 Å². The van der Waals surface area contributed by atoms with Crippen LogP contribution in [-0.4, -0.2) is 21.0 Å². The molecular formula is C14H18N4O2. The zero-order chi connectivity index (χ0) is 14.5. The first kappa shape index (κ1) is 14.0. The number of imidazole rings is 1. The van der Waals surface area contributed by atoms with Crippen LogP contribution in [0.1, 0.15) is 24.7 Å². The number of benzene rings is 1. The van der Waals surface area contributed by atoms with Crippen molar-refractivity contribution in [2.75, 3.05) is 11.9 Å². The Morgan fingerprint density at radius 2 is 2.25 bits per heavy atom. The summed E-state index contributed by atoms with van der Waals surface area (Å²) >= 11 is 0. The quantitative estimate of drug-likeness (QED) is 0.649. The fourth-order valence-electron chi connectivity index (χ4n) is 2.01. The largest absolute Gasteiger partial charge is 0.379 e. The summed E-state index contributed by atoms with van der Waals surface area (Å²) in [7, 11) is 0. The highest BCUT2D eigenvalue weighted by Gasteiger charge is 2.14. The Morgan fingerprint density at radius 1 is 1.45 bits per heavy atom. The van der Waals surface area contributed by atoms with E-state index in [1.807, 2.05) is 30.7 Å². The monoisotopic (exact) mass is 274 g/mol. The van der Waals surface area contributed by atoms with Gasteiger partial charge in [0.25, 0.3) is 5.69 Å². The molecule has 0 unspecified atom stereocenters. The third-order valence-corrected chi connectivity index (χ3v) is 3.10. The van der Waals surface area contributed by atoms with Gasteiger partial charge in [0.15, 0.2) is 0 Å². The minimum atomic E-state index is -0.357. The number of anilines is 1. The van der Waals surface area contributed by atoms with Gasteiger partial charge < -0.3 is 9.88 Å². The Bertz CT molecular complexity index is 607. The highest BCUT2D eigenvalue weighted by molar-refractivity contribution is 5.62. The molecule has 0 fully saturated rings. The second-order valence-electron chi connectivity index (χ2n) is 4.64. The van der Waals surface area contributed by atoms with Gasteiger partial charge in [-0.05, 0) is 25.0 Å². The van der Waals surface area contributed by atoms with E-state index in [4.69, 9.17) is 0 Å². The van der Waals surface area contributed by atoms with E-state index in [1.54, 1.807) is 18.3 Å². The lowest BCUT2D eigenvalue weighted by atomic mass is 10.1. The molecule has 0 saturated heterocycles. The zero-order valence-corrected chi connectivity index (χ0v) is 11.7. The number of rotatable bonds is 6. The molecule has 1 aromatic carbocycles. The Balaban J connectivity index is 2.26. The summed E-state index contributed by atoms with van der Waals surface area (Å²) in [5.41, 5.74) is 1.70. The number of nitro groups is 1. The predicted octanol–water partition coefficient (Wildman–Crippen LogP) is 2.97. The van der Waals surface area contributed by atoms with Crippen LogP contribution >= 0.6 is 0 Å². The van der Waals surface area contributed by atoms with Gasteiger partial charge in [-0.2, -0.15) is 0 Å². The van der Waals surface area contributed by atoms with Gasteiger partial charge in [0.2, 0.25) is 0 Å². The van der Waals surface area contributed by atoms with Crippen molar-refractivity contribution >= 4 is 11.4 Å². The Kier molecular flexibility index (Phi) is 4.34. The third kappa shape index (κ3) is 3.14. The van der Waals surface area contributed by atoms with Gasteiger partial charge in [-0.15, -0.1) is 0 Å². The second-order valence-corrected chi connectivity index (χ2v) is 4.64. The molecule has 0 atom stereocenters. The normalized spacial score (nSPS) is 10.5. The molecule has 1 N–H and O–H groups in total. The number of aromatic nitrogens is 2. The first-order valence-corrected chi connectivity index (χ1v) is 6.60. The van der Waals surface area contributed by atoms with Crippen molar-refractivity contribution in [3.05, 3.63) is 52.1 Å². The number of aryl methyl sites for hydroxylation is 1. The van der Waals surface area contributed by atoms with Crippen LogP contribution in [0.25, 0.3) is 0 Å². The molecular weight excluding hydrogens is 256 g/mol. The lowest BCUT2D eigenvalue weighted by molar-refractivity contribution is -0.384. The molecule has 6 heteroatoms. The first-order valence-electron chi connectivity index (χ1n) is 6.60. The Labute approximate surface area is 117 Å². The molecule has 6 nitrogen and oxygen atoms in total. The molecule has 0 aliphatic carbocycles. The zero-order valence-electron chi connectivity index (χ0n) is 11.7. The van der Waals surface area contributed by atoms with Gasteiger partial charge in [-0.25, -0.2) is 4.98 Å². The fraction of sp³-hybridized carbons (Fsp3) is 0.357. The van der Waals surface area contributed by atoms with Crippen molar-refractivity contribution in [2.45, 2.75) is 26.8 Å². The second kappa shape index (κ2) is 6.18. The van der Waals surface area contributed by atoms with E-state index in [9.17, 15) is 10.1 Å². The van der Waals surface area contributed by atoms with Crippen LogP contribution in [0.3, 0.4) is 0 Å². The van der Waals surface area contributed by atoms with Crippen LogP contribution in [0, 0.1) is 17.0 Å². The van der Waals surface area contributed by atoms with E-state index in [1.165, 1.54) is 0 Å². The van der Waals surface area contributed by atoms with E-state index >= 15 is 0 Å². The smallest absolute Gasteiger partial charge is 0.292 e. The van der Waals surface area contributed by atoms with Gasteiger partial charge in [0.1, 0.15) is 11.5 Å². The molecule has 2 aromatic rings. The van der Waals surface area contributed by atoms with Crippen molar-refractivity contribution in [3.8, 4) is 0 Å². The van der Waals surface area contributed by atoms with Gasteiger partial charge in [-0.3, -0.25) is 10.1 Å². The van der Waals surface area contributed by atoms with Gasteiger partial charge >= 0.3 is 0 Å². The van der Waals surface area contributed by atoms with Crippen molar-refractivity contribution in [3.63, 3.8) is 0 Å². The number of nitro benzene ring substituents is 1. The van der Waals surface area contributed by atoms with Crippen LogP contribution in [0.5, 0.6) is 0 Å². The lowest BCUT2D eigenvalue weighted by Crippen LogP contribution is -2.06. The van der Waals surface area contributed by atoms with E-state index in [0.29, 0.717) is 18.8 Å². The van der Waals surface area contributed by atoms with Crippen molar-refractivity contribution in [1.29, 1.82) is 0 Å². The molecule has 1 heterocycles. The molecule has 0 bridgehead atoms. The summed E-state index contributed by atoms with van der Waals surface area (Å²) < 4.78 is 2.00. The Morgan fingerprint density at radius 3 is 2.85 bits per heavy atom. The van der Waals surface area contributed by atoms with Crippen LogP contribution in [0.2, 0.25) is 0 Å². The summed E-state index contributed by atoms with van der Waals surface area (Å²) in [5, 5.41) is 14.1. The fourth-order valence-corrected chi connectivity index (χ4v) is 2.01. The molecule has 0 aliphatic rings. The van der Waals surface area contributed by atoms with E-state index in [0.717, 1.165) is 17.8 Å². The van der Waals surface area contributed by atoms with Crippen molar-refractivity contribution < 1.29 is 4.92 Å². The summed E-state index contributed by atoms with van der Waals surface area (Å²) in [6.45, 7) is 5.33. The number of nitrogens with one attached hydrogen (secondary N) is 1. The average Bonchev–Trinajstić information content (AvgIpc) is 2.82. The third-order valence-electron chi connectivity index (χ3n) is 3.10. The minimum absolute atomic E-state index is 0.115. The molecule has 1 aromatic heterocycles. The van der Waals surface area contributed by atoms with Gasteiger partial charge in [0.05, 0.1) is 4.92 Å². The maximum atomic E-state index is 11.0. The minimum Gasteiger partial charge on any atom is -0.379 e. The predicted molar refractivity (Wildman–Crippen MR) is 77.9 cm³/mol. The lowest BCUT2D eigenvalue weighted by Gasteiger charge is -2.10. The molecule has 0 aliphatic heterocycles. The first-order chi connectivity index (χ1) is 9.61. The van der Waals surface area contributed by atoms with Gasteiger partial charge in [0, 0.05) is 31.5 Å². The molecule has 0 amide bonds. The summed E-state index contributed by atoms with van der Waals surface area (Å²) in [4.78, 5) is 14.8. The molecule has 20 heavy (non-hydrogen) atoms. The average molecular weight is 274 g/mol. The maximum Gasteiger partial charge on any atom is 0.292 e. The van der Waals surface area contributed by atoms with Crippen LogP contribution in [0.4, 0.5) is 11.4 Å². The SMILES string of the molecule is CCCNc1cc(Cn2ccnc2C)ccc1[N+](=O)[O-]. The Hall–Kier alpha value is -2.37. The highest BCUT2D eigenvalue weighted by Crippen LogP contribution is 2.26. The highest BCUT2D eigenvalue weighted by atomic mass is 16.6. The molecule has 2 rings (SSSR count). The maximum absolute atomic E-state index is 11.0. The van der Waals surface area contributed by atoms with Crippen molar-refractivity contribution in [2.24, 2.45) is 0 Å². The molecule has 0 spiro atoms. The van der Waals surface area contributed by atoms with Gasteiger partial charge in [-0.1, -0.05) is 13.0 Å². The summed E-state index contributed by atoms with van der Waals surface area (Å²) in [6, 6.07) is 5.18. The van der Waals surface area contributed by atoms with Crippen LogP contribution in [-0.2, 0) is 6.54 Å². The van der Waals surface area contributed by atoms with Crippen LogP contribution in [0.15, 0.2) is 30.6 Å². The van der Waals surface area contributed by atoms with Crippen molar-refractivity contribution in [1.82, 2.24) is 9.55 Å². The molecule has 106 valence electrons. The van der Waals surface area contributed by atoms with Crippen LogP contribution < -0.4 is 5.32 Å². The molecule has 0 saturated carbocycles.